The summed E-state index contributed by atoms with van der Waals surface area (Å²) in [5.74, 6) is 0.306. The molecule has 1 saturated carbocycles. The number of rotatable bonds is 5. The van der Waals surface area contributed by atoms with Gasteiger partial charge in [-0.15, -0.1) is 0 Å². The lowest BCUT2D eigenvalue weighted by atomic mass is 9.90. The third kappa shape index (κ3) is 7.66. The summed E-state index contributed by atoms with van der Waals surface area (Å²) in [7, 11) is 1.52. The zero-order valence-corrected chi connectivity index (χ0v) is 19.5. The molecule has 1 aliphatic rings. The number of nitrogens with zero attached hydrogens (tertiary/aromatic N) is 3. The quantitative estimate of drug-likeness (QED) is 0.437. The van der Waals surface area contributed by atoms with Crippen LogP contribution in [0.2, 0.25) is 0 Å². The lowest BCUT2D eigenvalue weighted by Crippen LogP contribution is -2.16. The molecule has 3 heterocycles. The van der Waals surface area contributed by atoms with Crippen LogP contribution in [0.3, 0.4) is 0 Å². The predicted molar refractivity (Wildman–Crippen MR) is 125 cm³/mol. The van der Waals surface area contributed by atoms with E-state index in [-0.39, 0.29) is 11.7 Å². The van der Waals surface area contributed by atoms with E-state index in [0.29, 0.717) is 17.4 Å². The summed E-state index contributed by atoms with van der Waals surface area (Å²) in [5, 5.41) is 11.4. The summed E-state index contributed by atoms with van der Waals surface area (Å²) in [5.41, 5.74) is 1.51. The smallest absolute Gasteiger partial charge is 0.416 e. The molecule has 0 atom stereocenters. The molecule has 4 rings (SSSR count). The summed E-state index contributed by atoms with van der Waals surface area (Å²) in [4.78, 5) is 22.8. The molecule has 3 aromatic rings. The van der Waals surface area contributed by atoms with Crippen LogP contribution in [0.1, 0.15) is 43.2 Å². The number of alkyl halides is 3. The summed E-state index contributed by atoms with van der Waals surface area (Å²) in [6.07, 6.45) is 3.53. The molecule has 2 N–H and O–H groups in total. The molecule has 0 spiro atoms. The Morgan fingerprint density at radius 1 is 1.06 bits per heavy atom. The van der Waals surface area contributed by atoms with Gasteiger partial charge >= 0.3 is 12.1 Å². The number of carboxylic acid groups (broad SMARTS) is 1. The van der Waals surface area contributed by atoms with Crippen LogP contribution < -0.4 is 10.1 Å². The van der Waals surface area contributed by atoms with Crippen molar-refractivity contribution in [1.29, 1.82) is 0 Å². The van der Waals surface area contributed by atoms with Gasteiger partial charge in [0.15, 0.2) is 0 Å². The number of hydrogen-bond donors (Lipinski definition) is 2. The Morgan fingerprint density at radius 2 is 1.80 bits per heavy atom. The molecule has 0 amide bonds. The Balaban J connectivity index is 0.000000320. The number of aromatic nitrogens is 3. The van der Waals surface area contributed by atoms with Gasteiger partial charge < -0.3 is 15.2 Å². The van der Waals surface area contributed by atoms with Crippen LogP contribution in [0.25, 0.3) is 11.3 Å². The van der Waals surface area contributed by atoms with E-state index in [9.17, 15) is 18.0 Å². The molecule has 0 radical (unpaired) electrons. The SMILES string of the molecule is COc1ccc(-c2cc(C)cc(Nc3cc(C(F)(F)F)ccn3)n2)cn1.O=C(O)C1CCCCC1. The van der Waals surface area contributed by atoms with Crippen molar-refractivity contribution in [2.24, 2.45) is 5.92 Å². The zero-order valence-electron chi connectivity index (χ0n) is 19.5. The maximum atomic E-state index is 12.8. The fraction of sp³-hybridized carbons (Fsp3) is 0.360. The second-order valence-corrected chi connectivity index (χ2v) is 8.23. The van der Waals surface area contributed by atoms with Crippen molar-refractivity contribution in [2.45, 2.75) is 45.2 Å². The monoisotopic (exact) mass is 488 g/mol. The van der Waals surface area contributed by atoms with Gasteiger partial charge in [0.2, 0.25) is 5.88 Å². The summed E-state index contributed by atoms with van der Waals surface area (Å²) >= 11 is 0. The highest BCUT2D eigenvalue weighted by Crippen LogP contribution is 2.31. The van der Waals surface area contributed by atoms with Crippen molar-refractivity contribution in [1.82, 2.24) is 15.0 Å². The molecular weight excluding hydrogens is 461 g/mol. The first-order valence-electron chi connectivity index (χ1n) is 11.2. The van der Waals surface area contributed by atoms with Gasteiger partial charge in [-0.3, -0.25) is 4.79 Å². The average molecular weight is 489 g/mol. The molecule has 0 aromatic carbocycles. The van der Waals surface area contributed by atoms with Crippen LogP contribution in [0, 0.1) is 12.8 Å². The second kappa shape index (κ2) is 11.6. The number of hydrogen-bond acceptors (Lipinski definition) is 6. The first-order valence-corrected chi connectivity index (χ1v) is 11.2. The van der Waals surface area contributed by atoms with E-state index in [1.165, 1.54) is 13.5 Å². The maximum absolute atomic E-state index is 12.8. The van der Waals surface area contributed by atoms with Gasteiger partial charge in [-0.25, -0.2) is 15.0 Å². The van der Waals surface area contributed by atoms with Gasteiger partial charge in [0.25, 0.3) is 0 Å². The Hall–Kier alpha value is -3.69. The number of pyridine rings is 3. The molecule has 1 fully saturated rings. The lowest BCUT2D eigenvalue weighted by Gasteiger charge is -2.16. The van der Waals surface area contributed by atoms with Gasteiger partial charge in [0, 0.05) is 24.0 Å². The third-order valence-corrected chi connectivity index (χ3v) is 5.51. The fourth-order valence-corrected chi connectivity index (χ4v) is 3.69. The molecule has 10 heteroatoms. The van der Waals surface area contributed by atoms with Gasteiger partial charge in [-0.2, -0.15) is 13.2 Å². The van der Waals surface area contributed by atoms with Crippen molar-refractivity contribution < 1.29 is 27.8 Å². The van der Waals surface area contributed by atoms with Crippen LogP contribution in [0.5, 0.6) is 5.88 Å². The molecule has 186 valence electrons. The summed E-state index contributed by atoms with van der Waals surface area (Å²) < 4.78 is 43.5. The number of anilines is 2. The molecule has 1 aliphatic carbocycles. The highest BCUT2D eigenvalue weighted by atomic mass is 19.4. The van der Waals surface area contributed by atoms with E-state index in [1.807, 2.05) is 13.0 Å². The van der Waals surface area contributed by atoms with E-state index in [2.05, 4.69) is 20.3 Å². The maximum Gasteiger partial charge on any atom is 0.416 e. The molecule has 35 heavy (non-hydrogen) atoms. The largest absolute Gasteiger partial charge is 0.481 e. The van der Waals surface area contributed by atoms with Crippen molar-refractivity contribution in [3.05, 3.63) is 59.9 Å². The molecule has 0 saturated heterocycles. The minimum absolute atomic E-state index is 0.0289. The van der Waals surface area contributed by atoms with E-state index < -0.39 is 17.7 Å². The van der Waals surface area contributed by atoms with E-state index in [4.69, 9.17) is 9.84 Å². The van der Waals surface area contributed by atoms with Crippen molar-refractivity contribution in [3.8, 4) is 17.1 Å². The van der Waals surface area contributed by atoms with Gasteiger partial charge in [-0.1, -0.05) is 19.3 Å². The van der Waals surface area contributed by atoms with Crippen LogP contribution in [-0.2, 0) is 11.0 Å². The van der Waals surface area contributed by atoms with Crippen LogP contribution in [-0.4, -0.2) is 33.1 Å². The highest BCUT2D eigenvalue weighted by Gasteiger charge is 2.30. The number of carbonyl (C=O) groups is 1. The van der Waals surface area contributed by atoms with E-state index >= 15 is 0 Å². The Kier molecular flexibility index (Phi) is 8.62. The van der Waals surface area contributed by atoms with Crippen molar-refractivity contribution in [3.63, 3.8) is 0 Å². The van der Waals surface area contributed by atoms with Crippen LogP contribution >= 0.6 is 0 Å². The van der Waals surface area contributed by atoms with Crippen LogP contribution in [0.15, 0.2) is 48.8 Å². The first kappa shape index (κ1) is 25.9. The normalized spacial score (nSPS) is 14.0. The van der Waals surface area contributed by atoms with Gasteiger partial charge in [0.1, 0.15) is 11.6 Å². The number of nitrogens with one attached hydrogen (secondary N) is 1. The summed E-state index contributed by atoms with van der Waals surface area (Å²) in [6.45, 7) is 1.87. The third-order valence-electron chi connectivity index (χ3n) is 5.51. The molecule has 3 aromatic heterocycles. The van der Waals surface area contributed by atoms with Gasteiger partial charge in [-0.05, 0) is 55.7 Å². The van der Waals surface area contributed by atoms with E-state index in [1.54, 1.807) is 24.4 Å². The molecule has 0 unspecified atom stereocenters. The fourth-order valence-electron chi connectivity index (χ4n) is 3.69. The Morgan fingerprint density at radius 3 is 2.37 bits per heavy atom. The molecule has 7 nitrogen and oxygen atoms in total. The highest BCUT2D eigenvalue weighted by molar-refractivity contribution is 5.70. The zero-order chi connectivity index (χ0) is 25.4. The molecule has 0 bridgehead atoms. The molecular formula is C25H27F3N4O3. The summed E-state index contributed by atoms with van der Waals surface area (Å²) in [6, 6.07) is 8.96. The Bertz CT molecular complexity index is 1130. The number of halogens is 3. The predicted octanol–water partition coefficient (Wildman–Crippen LogP) is 6.27. The van der Waals surface area contributed by atoms with Crippen molar-refractivity contribution in [2.75, 3.05) is 12.4 Å². The number of ether oxygens (including phenoxy) is 1. The number of aliphatic carboxylic acids is 1. The standard InChI is InChI=1S/C18H15F3N4O.C7H12O2/c1-11-7-14(12-3-4-17(26-2)23-10-12)24-16(8-11)25-15-9-13(5-6-22-15)18(19,20)21;8-7(9)6-4-2-1-3-5-6/h3-10H,1-2H3,(H,22,24,25);6H,1-5H2,(H,8,9). The number of carboxylic acids is 1. The lowest BCUT2D eigenvalue weighted by molar-refractivity contribution is -0.142. The van der Waals surface area contributed by atoms with E-state index in [0.717, 1.165) is 55.1 Å². The average Bonchev–Trinajstić information content (AvgIpc) is 2.84. The van der Waals surface area contributed by atoms with Gasteiger partial charge in [0.05, 0.1) is 24.3 Å². The topological polar surface area (TPSA) is 97.2 Å². The minimum atomic E-state index is -4.43. The minimum Gasteiger partial charge on any atom is -0.481 e. The molecule has 0 aliphatic heterocycles. The number of methoxy groups -OCH3 is 1. The first-order chi connectivity index (χ1) is 16.7. The van der Waals surface area contributed by atoms with Crippen LogP contribution in [0.4, 0.5) is 24.8 Å². The number of aryl methyl sites for hydroxylation is 1. The second-order valence-electron chi connectivity index (χ2n) is 8.23. The Labute approximate surface area is 201 Å². The van der Waals surface area contributed by atoms with Crippen molar-refractivity contribution >= 4 is 17.6 Å².